The molecule has 3 fully saturated rings. The normalized spacial score (nSPS) is 34.7. The molecule has 0 spiro atoms. The second kappa shape index (κ2) is 5.17. The molecule has 3 rings (SSSR count). The van der Waals surface area contributed by atoms with Gasteiger partial charge in [0.15, 0.2) is 0 Å². The van der Waals surface area contributed by atoms with Crippen LogP contribution in [0.2, 0.25) is 0 Å². The minimum Gasteiger partial charge on any atom is -0.353 e. The van der Waals surface area contributed by atoms with Crippen molar-refractivity contribution in [3.8, 4) is 0 Å². The molecule has 2 unspecified atom stereocenters. The monoisotopic (exact) mass is 251 g/mol. The third kappa shape index (κ3) is 2.69. The first kappa shape index (κ1) is 12.4. The molecule has 18 heavy (non-hydrogen) atoms. The van der Waals surface area contributed by atoms with E-state index in [2.05, 4.69) is 22.5 Å². The van der Waals surface area contributed by atoms with Gasteiger partial charge in [-0.1, -0.05) is 0 Å². The van der Waals surface area contributed by atoms with Crippen molar-refractivity contribution >= 4 is 5.91 Å². The fraction of sp³-hybridized carbons (Fsp3) is 0.929. The molecule has 2 atom stereocenters. The first-order valence-corrected chi connectivity index (χ1v) is 7.52. The summed E-state index contributed by atoms with van der Waals surface area (Å²) in [4.78, 5) is 14.8. The number of amides is 1. The Morgan fingerprint density at radius 2 is 1.89 bits per heavy atom. The van der Waals surface area contributed by atoms with Gasteiger partial charge in [-0.15, -0.1) is 0 Å². The fourth-order valence-corrected chi connectivity index (χ4v) is 3.37. The Labute approximate surface area is 109 Å². The van der Waals surface area contributed by atoms with Gasteiger partial charge in [0.2, 0.25) is 5.91 Å². The van der Waals surface area contributed by atoms with Gasteiger partial charge < -0.3 is 15.5 Å². The van der Waals surface area contributed by atoms with Gasteiger partial charge in [0.05, 0.1) is 5.92 Å². The quantitative estimate of drug-likeness (QED) is 0.777. The number of nitrogens with zero attached hydrogens (tertiary/aromatic N) is 1. The zero-order chi connectivity index (χ0) is 12.5. The Morgan fingerprint density at radius 3 is 2.44 bits per heavy atom. The predicted octanol–water partition coefficient (Wildman–Crippen LogP) is 0.727. The van der Waals surface area contributed by atoms with Crippen molar-refractivity contribution in [1.82, 2.24) is 15.5 Å². The van der Waals surface area contributed by atoms with Gasteiger partial charge in [-0.05, 0) is 45.6 Å². The van der Waals surface area contributed by atoms with Gasteiger partial charge in [-0.3, -0.25) is 4.79 Å². The zero-order valence-electron chi connectivity index (χ0n) is 11.3. The summed E-state index contributed by atoms with van der Waals surface area (Å²) >= 11 is 0. The van der Waals surface area contributed by atoms with E-state index < -0.39 is 0 Å². The summed E-state index contributed by atoms with van der Waals surface area (Å²) in [5.74, 6) is 0.462. The predicted molar refractivity (Wildman–Crippen MR) is 71.3 cm³/mol. The van der Waals surface area contributed by atoms with E-state index >= 15 is 0 Å². The smallest absolute Gasteiger partial charge is 0.224 e. The first-order valence-electron chi connectivity index (χ1n) is 7.52. The van der Waals surface area contributed by atoms with E-state index in [0.29, 0.717) is 12.1 Å². The molecule has 1 aliphatic carbocycles. The number of carbonyl (C=O) groups is 1. The van der Waals surface area contributed by atoms with Crippen molar-refractivity contribution < 1.29 is 4.79 Å². The molecule has 0 radical (unpaired) electrons. The topological polar surface area (TPSA) is 44.4 Å². The summed E-state index contributed by atoms with van der Waals surface area (Å²) in [5, 5.41) is 6.61. The minimum atomic E-state index is 0.187. The maximum absolute atomic E-state index is 12.2. The molecule has 102 valence electrons. The molecule has 4 heteroatoms. The molecule has 2 saturated heterocycles. The lowest BCUT2D eigenvalue weighted by atomic mass is 9.98. The Kier molecular flexibility index (Phi) is 3.57. The van der Waals surface area contributed by atoms with Crippen molar-refractivity contribution in [2.75, 3.05) is 19.6 Å². The number of hydrogen-bond acceptors (Lipinski definition) is 3. The van der Waals surface area contributed by atoms with Crippen LogP contribution in [-0.2, 0) is 4.79 Å². The van der Waals surface area contributed by atoms with Crippen LogP contribution < -0.4 is 10.6 Å². The van der Waals surface area contributed by atoms with E-state index in [0.717, 1.165) is 31.8 Å². The molecule has 3 aliphatic rings. The SMILES string of the molecule is CC1NCCC1C(=O)NC1CCN(C2CC2)CC1. The van der Waals surface area contributed by atoms with Crippen LogP contribution in [0.1, 0.15) is 39.0 Å². The number of rotatable bonds is 3. The Bertz CT molecular complexity index is 308. The highest BCUT2D eigenvalue weighted by molar-refractivity contribution is 5.80. The van der Waals surface area contributed by atoms with Crippen LogP contribution in [0, 0.1) is 5.92 Å². The number of hydrogen-bond donors (Lipinski definition) is 2. The van der Waals surface area contributed by atoms with Gasteiger partial charge in [0, 0.05) is 31.2 Å². The number of piperidine rings is 1. The van der Waals surface area contributed by atoms with E-state index in [1.54, 1.807) is 0 Å². The lowest BCUT2D eigenvalue weighted by molar-refractivity contribution is -0.126. The van der Waals surface area contributed by atoms with Crippen LogP contribution in [-0.4, -0.2) is 48.6 Å². The van der Waals surface area contributed by atoms with Gasteiger partial charge in [0.1, 0.15) is 0 Å². The van der Waals surface area contributed by atoms with Crippen LogP contribution in [0.15, 0.2) is 0 Å². The maximum Gasteiger partial charge on any atom is 0.224 e. The Hall–Kier alpha value is -0.610. The summed E-state index contributed by atoms with van der Waals surface area (Å²) in [6, 6.07) is 1.64. The molecule has 0 aromatic carbocycles. The molecule has 2 heterocycles. The lowest BCUT2D eigenvalue weighted by Gasteiger charge is -2.33. The van der Waals surface area contributed by atoms with E-state index in [9.17, 15) is 4.79 Å². The fourth-order valence-electron chi connectivity index (χ4n) is 3.37. The summed E-state index contributed by atoms with van der Waals surface area (Å²) in [5.41, 5.74) is 0. The number of carbonyl (C=O) groups excluding carboxylic acids is 1. The average molecular weight is 251 g/mol. The van der Waals surface area contributed by atoms with Gasteiger partial charge in [-0.2, -0.15) is 0 Å². The highest BCUT2D eigenvalue weighted by Gasteiger charge is 2.34. The highest BCUT2D eigenvalue weighted by Crippen LogP contribution is 2.29. The number of likely N-dealkylation sites (tertiary alicyclic amines) is 1. The van der Waals surface area contributed by atoms with Crippen LogP contribution in [0.25, 0.3) is 0 Å². The third-order valence-electron chi connectivity index (χ3n) is 4.80. The van der Waals surface area contributed by atoms with E-state index in [4.69, 9.17) is 0 Å². The largest absolute Gasteiger partial charge is 0.353 e. The standard InChI is InChI=1S/C14H25N3O/c1-10-13(4-7-15-10)14(18)16-11-5-8-17(9-6-11)12-2-3-12/h10-13,15H,2-9H2,1H3,(H,16,18). The molecule has 2 aliphatic heterocycles. The van der Waals surface area contributed by atoms with E-state index in [-0.39, 0.29) is 11.8 Å². The van der Waals surface area contributed by atoms with Crippen molar-refractivity contribution in [1.29, 1.82) is 0 Å². The molecule has 0 aromatic heterocycles. The highest BCUT2D eigenvalue weighted by atomic mass is 16.2. The first-order chi connectivity index (χ1) is 8.74. The number of nitrogens with one attached hydrogen (secondary N) is 2. The molecule has 1 amide bonds. The van der Waals surface area contributed by atoms with Crippen LogP contribution in [0.4, 0.5) is 0 Å². The Balaban J connectivity index is 1.44. The summed E-state index contributed by atoms with van der Waals surface area (Å²) < 4.78 is 0. The molecular weight excluding hydrogens is 226 g/mol. The van der Waals surface area contributed by atoms with E-state index in [1.807, 2.05) is 0 Å². The third-order valence-corrected chi connectivity index (χ3v) is 4.80. The van der Waals surface area contributed by atoms with Crippen molar-refractivity contribution in [3.63, 3.8) is 0 Å². The lowest BCUT2D eigenvalue weighted by Crippen LogP contribution is -2.48. The van der Waals surface area contributed by atoms with E-state index in [1.165, 1.54) is 25.9 Å². The van der Waals surface area contributed by atoms with Crippen LogP contribution >= 0.6 is 0 Å². The van der Waals surface area contributed by atoms with Crippen LogP contribution in [0.3, 0.4) is 0 Å². The minimum absolute atomic E-state index is 0.187. The Morgan fingerprint density at radius 1 is 1.17 bits per heavy atom. The van der Waals surface area contributed by atoms with Crippen LogP contribution in [0.5, 0.6) is 0 Å². The molecule has 4 nitrogen and oxygen atoms in total. The second-order valence-corrected chi connectivity index (χ2v) is 6.19. The molecular formula is C14H25N3O. The molecule has 0 bridgehead atoms. The summed E-state index contributed by atoms with van der Waals surface area (Å²) in [6.45, 7) is 5.45. The van der Waals surface area contributed by atoms with Gasteiger partial charge >= 0.3 is 0 Å². The molecule has 2 N–H and O–H groups in total. The average Bonchev–Trinajstić information content (AvgIpc) is 3.12. The summed E-state index contributed by atoms with van der Waals surface area (Å²) in [7, 11) is 0. The maximum atomic E-state index is 12.2. The molecule has 0 aromatic rings. The zero-order valence-corrected chi connectivity index (χ0v) is 11.3. The van der Waals surface area contributed by atoms with Gasteiger partial charge in [0.25, 0.3) is 0 Å². The van der Waals surface area contributed by atoms with Crippen molar-refractivity contribution in [2.24, 2.45) is 5.92 Å². The second-order valence-electron chi connectivity index (χ2n) is 6.19. The van der Waals surface area contributed by atoms with Crippen molar-refractivity contribution in [3.05, 3.63) is 0 Å². The van der Waals surface area contributed by atoms with Crippen molar-refractivity contribution in [2.45, 2.75) is 57.2 Å². The molecule has 1 saturated carbocycles. The van der Waals surface area contributed by atoms with Gasteiger partial charge in [-0.25, -0.2) is 0 Å². The summed E-state index contributed by atoms with van der Waals surface area (Å²) in [6.07, 6.45) is 6.05.